The lowest BCUT2D eigenvalue weighted by molar-refractivity contribution is -0.861. The molecular formula is C30H46N2O4+2. The molecule has 0 saturated carbocycles. The summed E-state index contributed by atoms with van der Waals surface area (Å²) in [5, 5.41) is 0. The molecule has 0 aromatic heterocycles. The predicted molar refractivity (Wildman–Crippen MR) is 145 cm³/mol. The number of ether oxygens (including phenoxy) is 2. The molecule has 0 bridgehead atoms. The largest absolute Gasteiger partial charge is 0.494 e. The SMILES string of the molecule is CCCOc1ccc(C(=O)C(CCC(C[NH+](C)C)C(=O)c2ccc(OCCC)cc2)C[NH+](C)C)cc1. The van der Waals surface area contributed by atoms with Crippen LogP contribution in [0.25, 0.3) is 0 Å². The van der Waals surface area contributed by atoms with Gasteiger partial charge in [0.2, 0.25) is 0 Å². The normalized spacial score (nSPS) is 13.0. The van der Waals surface area contributed by atoms with Gasteiger partial charge in [-0.25, -0.2) is 0 Å². The van der Waals surface area contributed by atoms with Crippen LogP contribution in [0.5, 0.6) is 11.5 Å². The number of hydrogen-bond donors (Lipinski definition) is 2. The fourth-order valence-corrected chi connectivity index (χ4v) is 4.38. The summed E-state index contributed by atoms with van der Waals surface area (Å²) >= 11 is 0. The smallest absolute Gasteiger partial charge is 0.171 e. The van der Waals surface area contributed by atoms with E-state index < -0.39 is 0 Å². The lowest BCUT2D eigenvalue weighted by atomic mass is 9.86. The molecule has 0 aliphatic carbocycles. The van der Waals surface area contributed by atoms with Gasteiger partial charge in [0.1, 0.15) is 11.5 Å². The fraction of sp³-hybridized carbons (Fsp3) is 0.533. The van der Waals surface area contributed by atoms with Gasteiger partial charge in [-0.05, 0) is 74.2 Å². The minimum atomic E-state index is -0.144. The lowest BCUT2D eigenvalue weighted by Crippen LogP contribution is -3.06. The molecule has 0 fully saturated rings. The van der Waals surface area contributed by atoms with Gasteiger partial charge in [0, 0.05) is 11.1 Å². The number of carbonyl (C=O) groups is 2. The van der Waals surface area contributed by atoms with Gasteiger partial charge in [-0.1, -0.05) is 13.8 Å². The first-order chi connectivity index (χ1) is 17.2. The van der Waals surface area contributed by atoms with Crippen molar-refractivity contribution in [1.82, 2.24) is 0 Å². The number of ketones is 2. The molecule has 0 spiro atoms. The maximum absolute atomic E-state index is 13.4. The van der Waals surface area contributed by atoms with Crippen LogP contribution in [0.15, 0.2) is 48.5 Å². The van der Waals surface area contributed by atoms with E-state index in [0.717, 1.165) is 37.4 Å². The number of rotatable bonds is 17. The first kappa shape index (κ1) is 29.5. The zero-order valence-corrected chi connectivity index (χ0v) is 23.1. The second kappa shape index (κ2) is 15.4. The third-order valence-corrected chi connectivity index (χ3v) is 6.14. The predicted octanol–water partition coefficient (Wildman–Crippen LogP) is 2.63. The Morgan fingerprint density at radius 3 is 1.25 bits per heavy atom. The van der Waals surface area contributed by atoms with Crippen molar-refractivity contribution in [3.8, 4) is 11.5 Å². The fourth-order valence-electron chi connectivity index (χ4n) is 4.38. The molecule has 2 aromatic carbocycles. The van der Waals surface area contributed by atoms with Crippen molar-refractivity contribution in [3.05, 3.63) is 59.7 Å². The van der Waals surface area contributed by atoms with Crippen LogP contribution in [0.1, 0.15) is 60.2 Å². The van der Waals surface area contributed by atoms with E-state index in [1.54, 1.807) is 0 Å². The molecule has 36 heavy (non-hydrogen) atoms. The van der Waals surface area contributed by atoms with Crippen molar-refractivity contribution in [1.29, 1.82) is 0 Å². The minimum absolute atomic E-state index is 0.138. The molecule has 0 aliphatic heterocycles. The van der Waals surface area contributed by atoms with E-state index >= 15 is 0 Å². The van der Waals surface area contributed by atoms with Crippen LogP contribution in [0.2, 0.25) is 0 Å². The van der Waals surface area contributed by atoms with Gasteiger partial charge in [0.05, 0.1) is 66.3 Å². The minimum Gasteiger partial charge on any atom is -0.494 e. The van der Waals surface area contributed by atoms with Crippen molar-refractivity contribution >= 4 is 11.6 Å². The van der Waals surface area contributed by atoms with Gasteiger partial charge in [-0.3, -0.25) is 9.59 Å². The number of benzene rings is 2. The second-order valence-electron chi connectivity index (χ2n) is 10.3. The number of hydrogen-bond acceptors (Lipinski definition) is 4. The van der Waals surface area contributed by atoms with Gasteiger partial charge < -0.3 is 19.3 Å². The van der Waals surface area contributed by atoms with Gasteiger partial charge >= 0.3 is 0 Å². The summed E-state index contributed by atoms with van der Waals surface area (Å²) in [4.78, 5) is 29.3. The number of nitrogens with one attached hydrogen (secondary N) is 2. The Kier molecular flexibility index (Phi) is 12.6. The summed E-state index contributed by atoms with van der Waals surface area (Å²) < 4.78 is 11.3. The monoisotopic (exact) mass is 498 g/mol. The van der Waals surface area contributed by atoms with Gasteiger partial charge in [0.15, 0.2) is 11.6 Å². The van der Waals surface area contributed by atoms with Gasteiger partial charge in [-0.2, -0.15) is 0 Å². The van der Waals surface area contributed by atoms with Crippen molar-refractivity contribution in [2.75, 3.05) is 54.5 Å². The summed E-state index contributed by atoms with van der Waals surface area (Å²) in [6.07, 6.45) is 3.25. The molecule has 0 heterocycles. The summed E-state index contributed by atoms with van der Waals surface area (Å²) in [6, 6.07) is 14.9. The van der Waals surface area contributed by atoms with Crippen molar-refractivity contribution < 1.29 is 28.9 Å². The molecule has 198 valence electrons. The highest BCUT2D eigenvalue weighted by molar-refractivity contribution is 5.99. The first-order valence-electron chi connectivity index (χ1n) is 13.4. The molecule has 0 radical (unpaired) electrons. The zero-order valence-electron chi connectivity index (χ0n) is 23.1. The van der Waals surface area contributed by atoms with Crippen LogP contribution in [0.4, 0.5) is 0 Å². The first-order valence-corrected chi connectivity index (χ1v) is 13.4. The average Bonchev–Trinajstić information content (AvgIpc) is 2.87. The van der Waals surface area contributed by atoms with E-state index in [9.17, 15) is 9.59 Å². The van der Waals surface area contributed by atoms with Crippen LogP contribution in [-0.4, -0.2) is 66.1 Å². The third-order valence-electron chi connectivity index (χ3n) is 6.14. The Balaban J connectivity index is 2.13. The highest BCUT2D eigenvalue weighted by atomic mass is 16.5. The highest BCUT2D eigenvalue weighted by Gasteiger charge is 2.28. The highest BCUT2D eigenvalue weighted by Crippen LogP contribution is 2.22. The standard InChI is InChI=1S/C30H44N2O4/c1-7-19-35-27-15-11-23(12-16-27)29(33)25(21-31(3)4)9-10-26(22-32(5)6)30(34)24-13-17-28(18-14-24)36-20-8-2/h11-18,25-26H,7-10,19-22H2,1-6H3/p+2. The third kappa shape index (κ3) is 9.75. The Bertz CT molecular complexity index is 845. The molecule has 2 aromatic rings. The summed E-state index contributed by atoms with van der Waals surface area (Å²) in [6.45, 7) is 6.92. The van der Waals surface area contributed by atoms with E-state index in [1.807, 2.05) is 48.5 Å². The summed E-state index contributed by atoms with van der Waals surface area (Å²) in [5.74, 6) is 1.56. The molecule has 2 N–H and O–H groups in total. The molecule has 6 nitrogen and oxygen atoms in total. The number of carbonyl (C=O) groups excluding carboxylic acids is 2. The maximum Gasteiger partial charge on any atom is 0.171 e. The van der Waals surface area contributed by atoms with Crippen LogP contribution < -0.4 is 19.3 Å². The Hall–Kier alpha value is -2.70. The average molecular weight is 499 g/mol. The summed E-state index contributed by atoms with van der Waals surface area (Å²) in [7, 11) is 8.26. The van der Waals surface area contributed by atoms with Crippen molar-refractivity contribution in [2.45, 2.75) is 39.5 Å². The quantitative estimate of drug-likeness (QED) is 0.329. The van der Waals surface area contributed by atoms with E-state index in [-0.39, 0.29) is 23.4 Å². The topological polar surface area (TPSA) is 61.5 Å². The van der Waals surface area contributed by atoms with Gasteiger partial charge in [0.25, 0.3) is 0 Å². The lowest BCUT2D eigenvalue weighted by Gasteiger charge is -2.22. The van der Waals surface area contributed by atoms with Crippen LogP contribution in [0, 0.1) is 11.8 Å². The van der Waals surface area contributed by atoms with E-state index in [1.165, 1.54) is 9.80 Å². The second-order valence-corrected chi connectivity index (χ2v) is 10.3. The van der Waals surface area contributed by atoms with E-state index in [0.29, 0.717) is 37.2 Å². The molecule has 2 atom stereocenters. The van der Waals surface area contributed by atoms with Crippen LogP contribution >= 0.6 is 0 Å². The Morgan fingerprint density at radius 2 is 0.972 bits per heavy atom. The van der Waals surface area contributed by atoms with Crippen LogP contribution in [0.3, 0.4) is 0 Å². The Labute approximate surface area is 217 Å². The molecule has 2 rings (SSSR count). The van der Waals surface area contributed by atoms with E-state index in [4.69, 9.17) is 9.47 Å². The van der Waals surface area contributed by atoms with E-state index in [2.05, 4.69) is 42.0 Å². The summed E-state index contributed by atoms with van der Waals surface area (Å²) in [5.41, 5.74) is 1.41. The molecular weight excluding hydrogens is 452 g/mol. The molecule has 0 saturated heterocycles. The van der Waals surface area contributed by atoms with Crippen molar-refractivity contribution in [3.63, 3.8) is 0 Å². The number of Topliss-reactive ketones (excluding diaryl/α,β-unsaturated/α-hetero) is 2. The molecule has 0 aliphatic rings. The Morgan fingerprint density at radius 1 is 0.639 bits per heavy atom. The zero-order chi connectivity index (χ0) is 26.5. The molecule has 2 unspecified atom stereocenters. The van der Waals surface area contributed by atoms with Crippen molar-refractivity contribution in [2.24, 2.45) is 11.8 Å². The molecule has 0 amide bonds. The molecule has 6 heteroatoms. The van der Waals surface area contributed by atoms with Crippen LogP contribution in [-0.2, 0) is 0 Å². The number of quaternary nitrogens is 2. The van der Waals surface area contributed by atoms with Gasteiger partial charge in [-0.15, -0.1) is 0 Å². The maximum atomic E-state index is 13.4.